The zero-order chi connectivity index (χ0) is 13.5. The average Bonchev–Trinajstić information content (AvgIpc) is 2.61. The third-order valence-corrected chi connectivity index (χ3v) is 2.64. The highest BCUT2D eigenvalue weighted by atomic mass is 32.1. The summed E-state index contributed by atoms with van der Waals surface area (Å²) < 4.78 is 2.66. The summed E-state index contributed by atoms with van der Waals surface area (Å²) in [6, 6.07) is 0. The van der Waals surface area contributed by atoms with Crippen LogP contribution in [0.25, 0.3) is 6.08 Å². The Morgan fingerprint density at radius 3 is 2.61 bits per heavy atom. The summed E-state index contributed by atoms with van der Waals surface area (Å²) in [5, 5.41) is 0. The summed E-state index contributed by atoms with van der Waals surface area (Å²) in [4.78, 5) is 15.7. The van der Waals surface area contributed by atoms with Crippen molar-refractivity contribution in [3.8, 4) is 0 Å². The van der Waals surface area contributed by atoms with Crippen LogP contribution in [0.3, 0.4) is 0 Å². The number of imidazole rings is 1. The predicted molar refractivity (Wildman–Crippen MR) is 79.7 cm³/mol. The van der Waals surface area contributed by atoms with E-state index in [0.29, 0.717) is 24.6 Å². The lowest BCUT2D eigenvalue weighted by Gasteiger charge is -1.99. The van der Waals surface area contributed by atoms with Gasteiger partial charge in [-0.25, -0.2) is 13.8 Å². The van der Waals surface area contributed by atoms with Crippen molar-refractivity contribution in [1.29, 1.82) is 0 Å². The molecule has 0 radical (unpaired) electrons. The van der Waals surface area contributed by atoms with Gasteiger partial charge in [0.2, 0.25) is 0 Å². The second-order valence-electron chi connectivity index (χ2n) is 3.37. The molecule has 0 spiro atoms. The van der Waals surface area contributed by atoms with Crippen molar-refractivity contribution in [2.24, 2.45) is 10.7 Å². The van der Waals surface area contributed by atoms with Crippen LogP contribution in [0.1, 0.15) is 5.69 Å². The van der Waals surface area contributed by atoms with Crippen molar-refractivity contribution in [2.45, 2.75) is 6.54 Å². The van der Waals surface area contributed by atoms with Crippen LogP contribution >= 0.6 is 12.8 Å². The highest BCUT2D eigenvalue weighted by Crippen LogP contribution is 2.19. The maximum Gasteiger partial charge on any atom is 0.340 e. The number of rotatable bonds is 6. The van der Waals surface area contributed by atoms with E-state index in [-0.39, 0.29) is 5.69 Å². The number of hydrogen-bond donors (Lipinski definition) is 2. The minimum absolute atomic E-state index is 0.275. The zero-order valence-corrected chi connectivity index (χ0v) is 10.9. The molecule has 0 aliphatic rings. The third kappa shape index (κ3) is 2.91. The molecule has 1 aromatic heterocycles. The second-order valence-corrected chi connectivity index (χ2v) is 3.77. The first-order valence-electron chi connectivity index (χ1n) is 5.33. The van der Waals surface area contributed by atoms with Gasteiger partial charge < -0.3 is 5.73 Å². The summed E-state index contributed by atoms with van der Waals surface area (Å²) >= 11 is 4.06. The molecule has 6 heteroatoms. The molecule has 5 nitrogen and oxygen atoms in total. The first-order chi connectivity index (χ1) is 8.67. The van der Waals surface area contributed by atoms with Crippen molar-refractivity contribution in [3.05, 3.63) is 47.1 Å². The number of aliphatic imine (C=N–C) groups is 1. The van der Waals surface area contributed by atoms with Crippen molar-refractivity contribution >= 4 is 31.4 Å². The van der Waals surface area contributed by atoms with E-state index in [2.05, 4.69) is 31.1 Å². The van der Waals surface area contributed by atoms with Crippen LogP contribution in [0.15, 0.2) is 40.7 Å². The monoisotopic (exact) mass is 264 g/mol. The summed E-state index contributed by atoms with van der Waals surface area (Å²) in [6.07, 6.45) is 8.85. The fourth-order valence-corrected chi connectivity index (χ4v) is 1.74. The third-order valence-electron chi connectivity index (χ3n) is 2.28. The molecule has 0 saturated carbocycles. The second kappa shape index (κ2) is 6.83. The molecule has 2 N–H and O–H groups in total. The molecule has 0 aliphatic carbocycles. The number of thiol groups is 1. The lowest BCUT2D eigenvalue weighted by atomic mass is 10.4. The van der Waals surface area contributed by atoms with Crippen LogP contribution < -0.4 is 11.4 Å². The smallest absolute Gasteiger partial charge is 0.327 e. The number of allylic oxidation sites excluding steroid dienone is 3. The predicted octanol–water partition coefficient (Wildman–Crippen LogP) is 1.39. The van der Waals surface area contributed by atoms with Gasteiger partial charge in [0, 0.05) is 13.1 Å². The minimum Gasteiger partial charge on any atom is -0.327 e. The zero-order valence-electron chi connectivity index (χ0n) is 9.99. The highest BCUT2D eigenvalue weighted by Gasteiger charge is 2.13. The van der Waals surface area contributed by atoms with Crippen LogP contribution in [0.4, 0.5) is 5.82 Å². The van der Waals surface area contributed by atoms with E-state index in [1.54, 1.807) is 6.08 Å². The molecule has 1 rings (SSSR count). The van der Waals surface area contributed by atoms with Crippen LogP contribution in [0, 0.1) is 0 Å². The Morgan fingerprint density at radius 1 is 1.39 bits per heavy atom. The van der Waals surface area contributed by atoms with E-state index in [9.17, 15) is 4.79 Å². The number of nitrogens with zero attached hydrogens (tertiary/aromatic N) is 3. The van der Waals surface area contributed by atoms with Crippen LogP contribution in [-0.4, -0.2) is 21.8 Å². The van der Waals surface area contributed by atoms with E-state index < -0.39 is 0 Å². The van der Waals surface area contributed by atoms with Crippen molar-refractivity contribution in [2.75, 3.05) is 6.54 Å². The number of aromatic nitrogens is 2. The van der Waals surface area contributed by atoms with Crippen molar-refractivity contribution < 1.29 is 0 Å². The molecule has 1 heterocycles. The average molecular weight is 264 g/mol. The molecule has 1 aromatic rings. The maximum atomic E-state index is 11.9. The Kier molecular flexibility index (Phi) is 5.41. The first kappa shape index (κ1) is 14.3. The Morgan fingerprint density at radius 2 is 2.06 bits per heavy atom. The van der Waals surface area contributed by atoms with Gasteiger partial charge in [-0.2, -0.15) is 0 Å². The molecule has 0 aliphatic heterocycles. The van der Waals surface area contributed by atoms with Gasteiger partial charge in [-0.05, 0) is 12.8 Å². The summed E-state index contributed by atoms with van der Waals surface area (Å²) in [6.45, 7) is 7.97. The SMILES string of the molecule is C=Cc1c(N=C)n(S)c(=O)n1C/C=C\C=CCN. The van der Waals surface area contributed by atoms with Crippen molar-refractivity contribution in [3.63, 3.8) is 0 Å². The fraction of sp³-hybridized carbons (Fsp3) is 0.167. The lowest BCUT2D eigenvalue weighted by molar-refractivity contribution is 0.769. The molecule has 96 valence electrons. The molecular weight excluding hydrogens is 248 g/mol. The molecule has 0 atom stereocenters. The Bertz CT molecular complexity index is 551. The Balaban J connectivity index is 3.06. The Hall–Kier alpha value is -1.79. The van der Waals surface area contributed by atoms with E-state index in [1.807, 2.05) is 24.3 Å². The molecule has 0 saturated heterocycles. The van der Waals surface area contributed by atoms with Crippen LogP contribution in [-0.2, 0) is 6.54 Å². The van der Waals surface area contributed by atoms with Crippen molar-refractivity contribution in [1.82, 2.24) is 8.54 Å². The largest absolute Gasteiger partial charge is 0.340 e. The molecule has 18 heavy (non-hydrogen) atoms. The number of hydrogen-bond acceptors (Lipinski definition) is 4. The maximum absolute atomic E-state index is 11.9. The van der Waals surface area contributed by atoms with Crippen LogP contribution in [0.5, 0.6) is 0 Å². The van der Waals surface area contributed by atoms with E-state index in [0.717, 1.165) is 3.97 Å². The summed E-state index contributed by atoms with van der Waals surface area (Å²) in [5.41, 5.74) is 5.63. The molecule has 0 aromatic carbocycles. The molecule has 0 unspecified atom stereocenters. The number of nitrogens with two attached hydrogens (primary N) is 1. The van der Waals surface area contributed by atoms with Crippen LogP contribution in [0.2, 0.25) is 0 Å². The fourth-order valence-electron chi connectivity index (χ4n) is 1.47. The molecule has 0 amide bonds. The van der Waals surface area contributed by atoms with E-state index in [1.165, 1.54) is 4.57 Å². The lowest BCUT2D eigenvalue weighted by Crippen LogP contribution is -2.20. The van der Waals surface area contributed by atoms with Gasteiger partial charge in [0.1, 0.15) is 0 Å². The summed E-state index contributed by atoms with van der Waals surface area (Å²) in [7, 11) is 0. The topological polar surface area (TPSA) is 65.3 Å². The molecule has 0 fully saturated rings. The quantitative estimate of drug-likeness (QED) is 0.463. The molecule has 0 bridgehead atoms. The van der Waals surface area contributed by atoms with Gasteiger partial charge in [-0.1, -0.05) is 43.7 Å². The normalized spacial score (nSPS) is 11.4. The van der Waals surface area contributed by atoms with Gasteiger partial charge in [0.05, 0.1) is 5.69 Å². The van der Waals surface area contributed by atoms with Gasteiger partial charge in [-0.15, -0.1) is 0 Å². The molecular formula is C12H16N4OS. The van der Waals surface area contributed by atoms with Gasteiger partial charge in [0.15, 0.2) is 5.82 Å². The first-order valence-corrected chi connectivity index (χ1v) is 5.73. The Labute approximate surface area is 111 Å². The van der Waals surface area contributed by atoms with E-state index in [4.69, 9.17) is 5.73 Å². The minimum atomic E-state index is -0.275. The van der Waals surface area contributed by atoms with Gasteiger partial charge in [0.25, 0.3) is 0 Å². The standard InChI is InChI=1S/C12H16N4OS/c1-3-10-11(14-2)16(18)12(17)15(10)9-7-5-4-6-8-13/h3-7,18H,1-2,8-9,13H2/b6-4?,7-5-. The van der Waals surface area contributed by atoms with E-state index >= 15 is 0 Å². The van der Waals surface area contributed by atoms with Gasteiger partial charge >= 0.3 is 5.69 Å². The highest BCUT2D eigenvalue weighted by molar-refractivity contribution is 7.78. The van der Waals surface area contributed by atoms with Gasteiger partial charge in [-0.3, -0.25) is 4.57 Å². The summed E-state index contributed by atoms with van der Waals surface area (Å²) in [5.74, 6) is 0.393.